The van der Waals surface area contributed by atoms with Gasteiger partial charge in [-0.05, 0) is 32.9 Å². The molecule has 0 fully saturated rings. The number of aryl methyl sites for hydroxylation is 2. The van der Waals surface area contributed by atoms with E-state index in [1.165, 1.54) is 13.0 Å². The first-order valence-electron chi connectivity index (χ1n) is 5.82. The number of hydrogen-bond acceptors (Lipinski definition) is 4. The van der Waals surface area contributed by atoms with Crippen molar-refractivity contribution < 1.29 is 12.8 Å². The molecule has 0 radical (unpaired) electrons. The monoisotopic (exact) mass is 298 g/mol. The number of aromatic nitrogens is 2. The third kappa shape index (κ3) is 2.46. The van der Waals surface area contributed by atoms with Crippen molar-refractivity contribution in [3.05, 3.63) is 34.9 Å². The molecule has 1 heterocycles. The molecule has 0 unspecified atom stereocenters. The molecule has 0 saturated carbocycles. The van der Waals surface area contributed by atoms with Crippen LogP contribution in [0.15, 0.2) is 17.0 Å². The molecule has 0 saturated heterocycles. The van der Waals surface area contributed by atoms with Crippen LogP contribution in [0.2, 0.25) is 0 Å². The van der Waals surface area contributed by atoms with Crippen LogP contribution in [0.3, 0.4) is 0 Å². The number of nitrogens with two attached hydrogens (primary N) is 1. The van der Waals surface area contributed by atoms with E-state index in [4.69, 9.17) is 5.73 Å². The second-order valence-electron chi connectivity index (χ2n) is 4.54. The summed E-state index contributed by atoms with van der Waals surface area (Å²) in [5.41, 5.74) is 7.01. The lowest BCUT2D eigenvalue weighted by atomic mass is 10.2. The summed E-state index contributed by atoms with van der Waals surface area (Å²) in [5.74, 6) is -0.661. The van der Waals surface area contributed by atoms with Crippen molar-refractivity contribution in [2.24, 2.45) is 0 Å². The van der Waals surface area contributed by atoms with E-state index in [0.29, 0.717) is 17.1 Å². The number of benzene rings is 1. The van der Waals surface area contributed by atoms with Gasteiger partial charge in [0.25, 0.3) is 10.0 Å². The van der Waals surface area contributed by atoms with Gasteiger partial charge in [-0.15, -0.1) is 0 Å². The Morgan fingerprint density at radius 2 is 1.95 bits per heavy atom. The van der Waals surface area contributed by atoms with Gasteiger partial charge in [0.05, 0.1) is 22.0 Å². The van der Waals surface area contributed by atoms with Crippen molar-refractivity contribution in [2.75, 3.05) is 10.5 Å². The van der Waals surface area contributed by atoms with Crippen molar-refractivity contribution in [2.45, 2.75) is 25.7 Å². The van der Waals surface area contributed by atoms with E-state index < -0.39 is 15.8 Å². The molecule has 8 heteroatoms. The van der Waals surface area contributed by atoms with Crippen LogP contribution in [0.5, 0.6) is 0 Å². The van der Waals surface area contributed by atoms with Gasteiger partial charge in [-0.3, -0.25) is 9.82 Å². The summed E-state index contributed by atoms with van der Waals surface area (Å²) in [4.78, 5) is -0.185. The van der Waals surface area contributed by atoms with Crippen molar-refractivity contribution in [1.82, 2.24) is 10.2 Å². The first kappa shape index (κ1) is 14.3. The molecule has 0 aliphatic carbocycles. The molecule has 0 bridgehead atoms. The number of sulfonamides is 1. The zero-order valence-corrected chi connectivity index (χ0v) is 12.1. The summed E-state index contributed by atoms with van der Waals surface area (Å²) in [6.45, 7) is 4.73. The number of nitrogens with zero attached hydrogens (tertiary/aromatic N) is 1. The summed E-state index contributed by atoms with van der Waals surface area (Å²) < 4.78 is 40.7. The van der Waals surface area contributed by atoms with Gasteiger partial charge in [0, 0.05) is 11.3 Å². The molecule has 108 valence electrons. The molecule has 6 nitrogen and oxygen atoms in total. The molecule has 0 aliphatic rings. The highest BCUT2D eigenvalue weighted by atomic mass is 32.2. The normalized spacial score (nSPS) is 11.6. The zero-order chi connectivity index (χ0) is 15.1. The quantitative estimate of drug-likeness (QED) is 0.753. The van der Waals surface area contributed by atoms with Crippen molar-refractivity contribution in [3.63, 3.8) is 0 Å². The van der Waals surface area contributed by atoms with E-state index >= 15 is 0 Å². The van der Waals surface area contributed by atoms with Crippen LogP contribution in [-0.2, 0) is 10.0 Å². The van der Waals surface area contributed by atoms with Crippen molar-refractivity contribution >= 4 is 21.4 Å². The minimum Gasteiger partial charge on any atom is -0.399 e. The van der Waals surface area contributed by atoms with E-state index in [2.05, 4.69) is 14.9 Å². The summed E-state index contributed by atoms with van der Waals surface area (Å²) in [6.07, 6.45) is 0. The van der Waals surface area contributed by atoms with Crippen LogP contribution in [-0.4, -0.2) is 18.6 Å². The van der Waals surface area contributed by atoms with Crippen LogP contribution in [0.1, 0.15) is 17.0 Å². The lowest BCUT2D eigenvalue weighted by Crippen LogP contribution is -2.16. The summed E-state index contributed by atoms with van der Waals surface area (Å²) in [7, 11) is -3.93. The van der Waals surface area contributed by atoms with E-state index in [9.17, 15) is 12.8 Å². The summed E-state index contributed by atoms with van der Waals surface area (Å²) in [5, 5.41) is 6.57. The van der Waals surface area contributed by atoms with E-state index in [-0.39, 0.29) is 16.1 Å². The van der Waals surface area contributed by atoms with E-state index in [1.807, 2.05) is 0 Å². The Labute approximate surface area is 116 Å². The van der Waals surface area contributed by atoms with Gasteiger partial charge in [-0.1, -0.05) is 0 Å². The van der Waals surface area contributed by atoms with Crippen LogP contribution in [0.4, 0.5) is 15.8 Å². The Kier molecular flexibility index (Phi) is 3.43. The molecule has 0 amide bonds. The van der Waals surface area contributed by atoms with Gasteiger partial charge < -0.3 is 5.73 Å². The Morgan fingerprint density at radius 3 is 2.50 bits per heavy atom. The fourth-order valence-electron chi connectivity index (χ4n) is 1.84. The average Bonchev–Trinajstić information content (AvgIpc) is 2.65. The number of nitrogens with one attached hydrogen (secondary N) is 2. The predicted molar refractivity (Wildman–Crippen MR) is 74.4 cm³/mol. The fourth-order valence-corrected chi connectivity index (χ4v) is 3.31. The van der Waals surface area contributed by atoms with Gasteiger partial charge in [-0.25, -0.2) is 12.8 Å². The first-order chi connectivity index (χ1) is 9.22. The number of rotatable bonds is 3. The van der Waals surface area contributed by atoms with Gasteiger partial charge in [-0.2, -0.15) is 5.10 Å². The molecule has 4 N–H and O–H groups in total. The smallest absolute Gasteiger partial charge is 0.262 e. The maximum Gasteiger partial charge on any atom is 0.262 e. The Balaban J connectivity index is 2.52. The number of halogens is 1. The molecule has 20 heavy (non-hydrogen) atoms. The number of nitrogen functional groups attached to an aromatic ring is 1. The summed E-state index contributed by atoms with van der Waals surface area (Å²) >= 11 is 0. The van der Waals surface area contributed by atoms with Gasteiger partial charge in [0.1, 0.15) is 5.82 Å². The molecule has 2 rings (SSSR count). The maximum absolute atomic E-state index is 13.6. The van der Waals surface area contributed by atoms with E-state index in [1.54, 1.807) is 13.8 Å². The molecule has 0 atom stereocenters. The Bertz CT molecular complexity index is 749. The van der Waals surface area contributed by atoms with Crippen LogP contribution in [0.25, 0.3) is 0 Å². The Hall–Kier alpha value is -2.09. The van der Waals surface area contributed by atoms with Crippen molar-refractivity contribution in [1.29, 1.82) is 0 Å². The largest absolute Gasteiger partial charge is 0.399 e. The lowest BCUT2D eigenvalue weighted by Gasteiger charge is -2.12. The standard InChI is InChI=1S/C12H15FN4O2S/c1-6-10(13)4-9(14)5-11(6)20(18,19)17-12-7(2)15-16-8(12)3/h4-5,17H,14H2,1-3H3,(H,15,16). The number of aromatic amines is 1. The van der Waals surface area contributed by atoms with Crippen LogP contribution >= 0.6 is 0 Å². The van der Waals surface area contributed by atoms with Crippen molar-refractivity contribution in [3.8, 4) is 0 Å². The lowest BCUT2D eigenvalue weighted by molar-refractivity contribution is 0.591. The highest BCUT2D eigenvalue weighted by Crippen LogP contribution is 2.26. The third-order valence-electron chi connectivity index (χ3n) is 2.97. The minimum atomic E-state index is -3.93. The number of H-pyrrole nitrogens is 1. The fraction of sp³-hybridized carbons (Fsp3) is 0.250. The van der Waals surface area contributed by atoms with Crippen LogP contribution in [0, 0.1) is 26.6 Å². The molecule has 1 aromatic carbocycles. The maximum atomic E-state index is 13.6. The number of hydrogen-bond donors (Lipinski definition) is 3. The molecular weight excluding hydrogens is 283 g/mol. The molecule has 0 aliphatic heterocycles. The second kappa shape index (κ2) is 4.78. The first-order valence-corrected chi connectivity index (χ1v) is 7.30. The highest BCUT2D eigenvalue weighted by Gasteiger charge is 2.22. The zero-order valence-electron chi connectivity index (χ0n) is 11.3. The highest BCUT2D eigenvalue weighted by molar-refractivity contribution is 7.92. The topological polar surface area (TPSA) is 101 Å². The second-order valence-corrected chi connectivity index (χ2v) is 6.19. The molecular formula is C12H15FN4O2S. The number of anilines is 2. The average molecular weight is 298 g/mol. The molecule has 2 aromatic rings. The minimum absolute atomic E-state index is 0.0190. The van der Waals surface area contributed by atoms with Crippen LogP contribution < -0.4 is 10.5 Å². The molecule has 0 spiro atoms. The SMILES string of the molecule is Cc1n[nH]c(C)c1NS(=O)(=O)c1cc(N)cc(F)c1C. The van der Waals surface area contributed by atoms with Gasteiger partial charge in [0.2, 0.25) is 0 Å². The van der Waals surface area contributed by atoms with E-state index in [0.717, 1.165) is 6.07 Å². The Morgan fingerprint density at radius 1 is 1.30 bits per heavy atom. The third-order valence-corrected chi connectivity index (χ3v) is 4.45. The molecule has 1 aromatic heterocycles. The van der Waals surface area contributed by atoms with Gasteiger partial charge >= 0.3 is 0 Å². The van der Waals surface area contributed by atoms with Gasteiger partial charge in [0.15, 0.2) is 0 Å². The predicted octanol–water partition coefficient (Wildman–Crippen LogP) is 1.86. The summed E-state index contributed by atoms with van der Waals surface area (Å²) in [6, 6.07) is 2.31.